The first-order chi connectivity index (χ1) is 9.06. The molecular weight excluding hydrogens is 333 g/mol. The van der Waals surface area contributed by atoms with Crippen molar-refractivity contribution in [2.75, 3.05) is 12.3 Å². The highest BCUT2D eigenvalue weighted by molar-refractivity contribution is 9.10. The highest BCUT2D eigenvalue weighted by atomic mass is 79.9. The van der Waals surface area contributed by atoms with Crippen LogP contribution < -0.4 is 10.5 Å². The molecule has 0 aliphatic carbocycles. The van der Waals surface area contributed by atoms with Crippen LogP contribution in [0.15, 0.2) is 40.9 Å². The number of halogens is 3. The summed E-state index contributed by atoms with van der Waals surface area (Å²) in [6.07, 6.45) is 0.719. The van der Waals surface area contributed by atoms with Crippen LogP contribution in [0.25, 0.3) is 0 Å². The van der Waals surface area contributed by atoms with Crippen LogP contribution in [0.2, 0.25) is 5.02 Å². The van der Waals surface area contributed by atoms with Gasteiger partial charge in [0.05, 0.1) is 16.1 Å². The lowest BCUT2D eigenvalue weighted by atomic mass is 10.1. The largest absolute Gasteiger partial charge is 0.492 e. The molecule has 0 heterocycles. The summed E-state index contributed by atoms with van der Waals surface area (Å²) in [6.45, 7) is 0.448. The zero-order valence-electron chi connectivity index (χ0n) is 10.00. The van der Waals surface area contributed by atoms with Gasteiger partial charge in [-0.15, -0.1) is 0 Å². The highest BCUT2D eigenvalue weighted by Crippen LogP contribution is 2.30. The molecule has 2 aromatic rings. The fourth-order valence-corrected chi connectivity index (χ4v) is 2.33. The zero-order chi connectivity index (χ0) is 13.8. The monoisotopic (exact) mass is 343 g/mol. The zero-order valence-corrected chi connectivity index (χ0v) is 12.3. The van der Waals surface area contributed by atoms with Gasteiger partial charge in [-0.2, -0.15) is 0 Å². The second-order valence-electron chi connectivity index (χ2n) is 4.04. The number of hydrogen-bond acceptors (Lipinski definition) is 2. The maximum absolute atomic E-state index is 13.3. The van der Waals surface area contributed by atoms with E-state index in [-0.39, 0.29) is 5.02 Å². The summed E-state index contributed by atoms with van der Waals surface area (Å²) in [4.78, 5) is 0. The van der Waals surface area contributed by atoms with Gasteiger partial charge < -0.3 is 10.5 Å². The molecule has 0 unspecified atom stereocenters. The highest BCUT2D eigenvalue weighted by Gasteiger charge is 2.07. The molecular formula is C14H12BrClFNO. The van der Waals surface area contributed by atoms with E-state index in [2.05, 4.69) is 15.9 Å². The van der Waals surface area contributed by atoms with Crippen molar-refractivity contribution >= 4 is 33.2 Å². The Bertz CT molecular complexity index is 574. The van der Waals surface area contributed by atoms with Crippen LogP contribution in [0.4, 0.5) is 10.1 Å². The molecule has 0 amide bonds. The molecule has 2 nitrogen and oxygen atoms in total. The summed E-state index contributed by atoms with van der Waals surface area (Å²) in [5.74, 6) is -0.0512. The van der Waals surface area contributed by atoms with Crippen molar-refractivity contribution in [3.8, 4) is 5.75 Å². The fraction of sp³-hybridized carbons (Fsp3) is 0.143. The molecule has 5 heteroatoms. The minimum Gasteiger partial charge on any atom is -0.492 e. The summed E-state index contributed by atoms with van der Waals surface area (Å²) >= 11 is 8.94. The number of benzene rings is 2. The molecule has 0 fully saturated rings. The van der Waals surface area contributed by atoms with E-state index in [1.54, 1.807) is 0 Å². The SMILES string of the molecule is Nc1ccc(CCOc2cc(F)c(Cl)cc2Br)cc1. The molecule has 0 saturated heterocycles. The van der Waals surface area contributed by atoms with Crippen molar-refractivity contribution < 1.29 is 9.13 Å². The molecule has 0 aliphatic heterocycles. The van der Waals surface area contributed by atoms with Crippen LogP contribution in [-0.2, 0) is 6.42 Å². The molecule has 2 aromatic carbocycles. The van der Waals surface area contributed by atoms with E-state index in [4.69, 9.17) is 22.1 Å². The smallest absolute Gasteiger partial charge is 0.145 e. The number of anilines is 1. The van der Waals surface area contributed by atoms with E-state index in [0.717, 1.165) is 17.7 Å². The predicted molar refractivity (Wildman–Crippen MR) is 79.2 cm³/mol. The average molecular weight is 345 g/mol. The van der Waals surface area contributed by atoms with Crippen molar-refractivity contribution in [3.05, 3.63) is 57.3 Å². The first kappa shape index (κ1) is 14.2. The molecule has 0 spiro atoms. The van der Waals surface area contributed by atoms with Crippen LogP contribution in [0.1, 0.15) is 5.56 Å². The lowest BCUT2D eigenvalue weighted by Crippen LogP contribution is -2.02. The number of rotatable bonds is 4. The second-order valence-corrected chi connectivity index (χ2v) is 5.30. The quantitative estimate of drug-likeness (QED) is 0.657. The van der Waals surface area contributed by atoms with E-state index in [9.17, 15) is 4.39 Å². The molecule has 100 valence electrons. The Kier molecular flexibility index (Phi) is 4.66. The minimum absolute atomic E-state index is 0.0674. The lowest BCUT2D eigenvalue weighted by molar-refractivity contribution is 0.318. The van der Waals surface area contributed by atoms with Crippen molar-refractivity contribution in [1.29, 1.82) is 0 Å². The van der Waals surface area contributed by atoms with E-state index in [1.165, 1.54) is 12.1 Å². The molecule has 0 atom stereocenters. The molecule has 0 aliphatic rings. The van der Waals surface area contributed by atoms with Gasteiger partial charge in [0.25, 0.3) is 0 Å². The van der Waals surface area contributed by atoms with Gasteiger partial charge in [-0.1, -0.05) is 23.7 Å². The Morgan fingerprint density at radius 3 is 2.58 bits per heavy atom. The van der Waals surface area contributed by atoms with Crippen LogP contribution in [-0.4, -0.2) is 6.61 Å². The van der Waals surface area contributed by atoms with E-state index in [1.807, 2.05) is 24.3 Å². The molecule has 0 bridgehead atoms. The normalized spacial score (nSPS) is 10.5. The Morgan fingerprint density at radius 1 is 1.21 bits per heavy atom. The first-order valence-corrected chi connectivity index (χ1v) is 6.85. The summed E-state index contributed by atoms with van der Waals surface area (Å²) in [5.41, 5.74) is 7.45. The third-order valence-electron chi connectivity index (χ3n) is 2.60. The molecule has 0 radical (unpaired) electrons. The number of hydrogen-bond donors (Lipinski definition) is 1. The van der Waals surface area contributed by atoms with Gasteiger partial charge >= 0.3 is 0 Å². The standard InChI is InChI=1S/C14H12BrClFNO/c15-11-7-12(16)13(17)8-14(11)19-6-5-9-1-3-10(18)4-2-9/h1-4,7-8H,5-6,18H2. The number of ether oxygens (including phenoxy) is 1. The maximum Gasteiger partial charge on any atom is 0.145 e. The van der Waals surface area contributed by atoms with E-state index >= 15 is 0 Å². The average Bonchev–Trinajstić information content (AvgIpc) is 2.38. The summed E-state index contributed by atoms with van der Waals surface area (Å²) in [6, 6.07) is 10.3. The van der Waals surface area contributed by atoms with Crippen LogP contribution in [0, 0.1) is 5.82 Å². The third-order valence-corrected chi connectivity index (χ3v) is 3.51. The van der Waals surface area contributed by atoms with Crippen LogP contribution in [0.3, 0.4) is 0 Å². The molecule has 19 heavy (non-hydrogen) atoms. The van der Waals surface area contributed by atoms with Crippen LogP contribution >= 0.6 is 27.5 Å². The topological polar surface area (TPSA) is 35.2 Å². The van der Waals surface area contributed by atoms with Gasteiger partial charge in [0.15, 0.2) is 0 Å². The van der Waals surface area contributed by atoms with Gasteiger partial charge in [-0.3, -0.25) is 0 Å². The summed E-state index contributed by atoms with van der Waals surface area (Å²) in [7, 11) is 0. The van der Waals surface area contributed by atoms with E-state index < -0.39 is 5.82 Å². The molecule has 2 rings (SSSR count). The van der Waals surface area contributed by atoms with Crippen molar-refractivity contribution in [2.45, 2.75) is 6.42 Å². The Hall–Kier alpha value is -1.26. The van der Waals surface area contributed by atoms with Gasteiger partial charge in [0.1, 0.15) is 11.6 Å². The van der Waals surface area contributed by atoms with Gasteiger partial charge in [0, 0.05) is 18.2 Å². The second kappa shape index (κ2) is 6.26. The van der Waals surface area contributed by atoms with Crippen LogP contribution in [0.5, 0.6) is 5.75 Å². The summed E-state index contributed by atoms with van der Waals surface area (Å²) in [5, 5.41) is 0.0674. The Morgan fingerprint density at radius 2 is 1.89 bits per heavy atom. The number of nitrogens with two attached hydrogens (primary N) is 1. The Labute approximate surface area is 124 Å². The first-order valence-electron chi connectivity index (χ1n) is 5.68. The maximum atomic E-state index is 13.3. The Balaban J connectivity index is 1.96. The third kappa shape index (κ3) is 3.85. The summed E-state index contributed by atoms with van der Waals surface area (Å²) < 4.78 is 19.5. The molecule has 0 aromatic heterocycles. The van der Waals surface area contributed by atoms with Gasteiger partial charge in [0.2, 0.25) is 0 Å². The fourth-order valence-electron chi connectivity index (χ4n) is 1.58. The number of nitrogen functional groups attached to an aromatic ring is 1. The minimum atomic E-state index is -0.493. The lowest BCUT2D eigenvalue weighted by Gasteiger charge is -2.09. The van der Waals surface area contributed by atoms with E-state index in [0.29, 0.717) is 16.8 Å². The molecule has 2 N–H and O–H groups in total. The molecule has 0 saturated carbocycles. The van der Waals surface area contributed by atoms with Gasteiger partial charge in [-0.05, 0) is 39.7 Å². The van der Waals surface area contributed by atoms with Crippen molar-refractivity contribution in [2.24, 2.45) is 0 Å². The van der Waals surface area contributed by atoms with Crippen molar-refractivity contribution in [1.82, 2.24) is 0 Å². The van der Waals surface area contributed by atoms with Crippen molar-refractivity contribution in [3.63, 3.8) is 0 Å². The van der Waals surface area contributed by atoms with Gasteiger partial charge in [-0.25, -0.2) is 4.39 Å². The predicted octanol–water partition coefficient (Wildman–Crippen LogP) is 4.45.